The van der Waals surface area contributed by atoms with E-state index in [1.807, 2.05) is 67.4 Å². The van der Waals surface area contributed by atoms with Gasteiger partial charge in [0, 0.05) is 42.8 Å². The number of amides is 2. The number of hydrogen-bond acceptors (Lipinski definition) is 5. The van der Waals surface area contributed by atoms with Crippen LogP contribution in [0.3, 0.4) is 0 Å². The van der Waals surface area contributed by atoms with Crippen LogP contribution in [0, 0.1) is 5.92 Å². The lowest BCUT2D eigenvalue weighted by molar-refractivity contribution is -0.121. The van der Waals surface area contributed by atoms with Gasteiger partial charge in [0.1, 0.15) is 5.75 Å². The van der Waals surface area contributed by atoms with Gasteiger partial charge in [0.15, 0.2) is 5.82 Å². The first-order chi connectivity index (χ1) is 16.0. The van der Waals surface area contributed by atoms with Gasteiger partial charge in [-0.05, 0) is 44.5 Å². The van der Waals surface area contributed by atoms with Gasteiger partial charge in [-0.1, -0.05) is 24.3 Å². The van der Waals surface area contributed by atoms with Gasteiger partial charge in [-0.3, -0.25) is 14.3 Å². The van der Waals surface area contributed by atoms with Crippen LogP contribution in [0.25, 0.3) is 10.8 Å². The van der Waals surface area contributed by atoms with Crippen LogP contribution >= 0.6 is 0 Å². The van der Waals surface area contributed by atoms with Crippen LogP contribution in [0.5, 0.6) is 5.75 Å². The Kier molecular flexibility index (Phi) is 6.93. The van der Waals surface area contributed by atoms with Crippen molar-refractivity contribution in [2.24, 2.45) is 5.92 Å². The van der Waals surface area contributed by atoms with E-state index < -0.39 is 0 Å². The second kappa shape index (κ2) is 10.0. The average Bonchev–Trinajstić information content (AvgIpc) is 3.29. The molecule has 2 aromatic carbocycles. The summed E-state index contributed by atoms with van der Waals surface area (Å²) in [7, 11) is 5.65. The maximum atomic E-state index is 13.4. The third-order valence-electron chi connectivity index (χ3n) is 6.08. The highest BCUT2D eigenvalue weighted by Gasteiger charge is 2.30. The number of fused-ring (bicyclic) bond motifs is 1. The van der Waals surface area contributed by atoms with Crippen LogP contribution in [-0.2, 0) is 11.3 Å². The second-order valence-electron chi connectivity index (χ2n) is 8.71. The Morgan fingerprint density at radius 1 is 1.15 bits per heavy atom. The highest BCUT2D eigenvalue weighted by atomic mass is 16.5. The number of nitrogens with one attached hydrogen (secondary N) is 1. The minimum atomic E-state index is -0.265. The Hall–Kier alpha value is -3.39. The van der Waals surface area contributed by atoms with Crippen LogP contribution < -0.4 is 10.1 Å². The molecule has 1 aliphatic heterocycles. The third kappa shape index (κ3) is 5.17. The molecule has 1 fully saturated rings. The number of likely N-dealkylation sites (tertiary alicyclic amines) is 1. The van der Waals surface area contributed by atoms with Crippen molar-refractivity contribution < 1.29 is 14.3 Å². The van der Waals surface area contributed by atoms with Gasteiger partial charge in [-0.2, -0.15) is 5.10 Å². The van der Waals surface area contributed by atoms with Gasteiger partial charge in [0.2, 0.25) is 5.91 Å². The lowest BCUT2D eigenvalue weighted by atomic mass is 9.95. The van der Waals surface area contributed by atoms with E-state index in [2.05, 4.69) is 15.3 Å². The third-order valence-corrected chi connectivity index (χ3v) is 6.08. The first-order valence-electron chi connectivity index (χ1n) is 11.3. The van der Waals surface area contributed by atoms with Crippen LogP contribution in [-0.4, -0.2) is 72.2 Å². The number of carbonyl (C=O) groups excluding carboxylic acids is 2. The van der Waals surface area contributed by atoms with Crippen molar-refractivity contribution in [3.63, 3.8) is 0 Å². The van der Waals surface area contributed by atoms with E-state index in [0.717, 1.165) is 42.5 Å². The molecule has 33 heavy (non-hydrogen) atoms. The molecule has 1 unspecified atom stereocenters. The number of likely N-dealkylation sites (N-methyl/N-ethyl adjacent to an activating group) is 1. The summed E-state index contributed by atoms with van der Waals surface area (Å²) in [4.78, 5) is 30.2. The van der Waals surface area contributed by atoms with Crippen LogP contribution in [0.4, 0.5) is 5.82 Å². The highest BCUT2D eigenvalue weighted by molar-refractivity contribution is 6.08. The van der Waals surface area contributed by atoms with Crippen molar-refractivity contribution in [2.75, 3.05) is 46.2 Å². The molecule has 0 radical (unpaired) electrons. The topological polar surface area (TPSA) is 79.7 Å². The summed E-state index contributed by atoms with van der Waals surface area (Å²) in [6.45, 7) is 2.66. The SMILES string of the molecule is COc1ccc(C(=O)N2CCCC(C(=O)Nc3ccn(CCN(C)C)n3)C2)c2ccccc12. The number of ether oxygens (including phenoxy) is 1. The summed E-state index contributed by atoms with van der Waals surface area (Å²) >= 11 is 0. The van der Waals surface area contributed by atoms with E-state index >= 15 is 0 Å². The number of benzene rings is 2. The van der Waals surface area contributed by atoms with Crippen molar-refractivity contribution in [2.45, 2.75) is 19.4 Å². The molecule has 8 nitrogen and oxygen atoms in total. The molecule has 0 saturated carbocycles. The van der Waals surface area contributed by atoms with E-state index in [4.69, 9.17) is 4.74 Å². The van der Waals surface area contributed by atoms with Gasteiger partial charge < -0.3 is 19.9 Å². The number of rotatable bonds is 7. The minimum Gasteiger partial charge on any atom is -0.496 e. The highest BCUT2D eigenvalue weighted by Crippen LogP contribution is 2.30. The molecule has 3 aromatic rings. The first-order valence-corrected chi connectivity index (χ1v) is 11.3. The Morgan fingerprint density at radius 2 is 1.94 bits per heavy atom. The van der Waals surface area contributed by atoms with Crippen molar-refractivity contribution in [3.05, 3.63) is 54.2 Å². The summed E-state index contributed by atoms with van der Waals surface area (Å²) in [6, 6.07) is 13.2. The van der Waals surface area contributed by atoms with Crippen LogP contribution in [0.15, 0.2) is 48.7 Å². The average molecular weight is 450 g/mol. The fraction of sp³-hybridized carbons (Fsp3) is 0.400. The fourth-order valence-electron chi connectivity index (χ4n) is 4.27. The van der Waals surface area contributed by atoms with E-state index in [9.17, 15) is 9.59 Å². The van der Waals surface area contributed by atoms with E-state index in [0.29, 0.717) is 24.5 Å². The Morgan fingerprint density at radius 3 is 2.70 bits per heavy atom. The van der Waals surface area contributed by atoms with Crippen molar-refractivity contribution in [3.8, 4) is 5.75 Å². The zero-order valence-electron chi connectivity index (χ0n) is 19.5. The number of anilines is 1. The summed E-state index contributed by atoms with van der Waals surface area (Å²) in [6.07, 6.45) is 3.40. The summed E-state index contributed by atoms with van der Waals surface area (Å²) in [5, 5.41) is 9.12. The van der Waals surface area contributed by atoms with E-state index in [1.54, 1.807) is 12.0 Å². The Labute approximate surface area is 194 Å². The van der Waals surface area contributed by atoms with Crippen LogP contribution in [0.1, 0.15) is 23.2 Å². The molecule has 1 aromatic heterocycles. The van der Waals surface area contributed by atoms with Crippen molar-refractivity contribution in [1.82, 2.24) is 19.6 Å². The fourth-order valence-corrected chi connectivity index (χ4v) is 4.27. The lowest BCUT2D eigenvalue weighted by Crippen LogP contribution is -2.43. The molecule has 1 N–H and O–H groups in total. The molecule has 4 rings (SSSR count). The van der Waals surface area contributed by atoms with E-state index in [1.165, 1.54) is 0 Å². The predicted octanol–water partition coefficient (Wildman–Crippen LogP) is 3.10. The largest absolute Gasteiger partial charge is 0.496 e. The van der Waals surface area contributed by atoms with Gasteiger partial charge in [-0.25, -0.2) is 0 Å². The molecule has 2 amide bonds. The van der Waals surface area contributed by atoms with Crippen molar-refractivity contribution in [1.29, 1.82) is 0 Å². The molecule has 0 spiro atoms. The second-order valence-corrected chi connectivity index (χ2v) is 8.71. The normalized spacial score (nSPS) is 16.2. The van der Waals surface area contributed by atoms with E-state index in [-0.39, 0.29) is 17.7 Å². The molecule has 1 aliphatic rings. The Bertz CT molecular complexity index is 1140. The standard InChI is InChI=1S/C25H31N5O3/c1-28(2)15-16-30-14-12-23(27-30)26-24(31)18-7-6-13-29(17-18)25(32)21-10-11-22(33-3)20-9-5-4-8-19(20)21/h4-5,8-12,14,18H,6-7,13,15-17H2,1-3H3,(H,26,27,31). The maximum Gasteiger partial charge on any atom is 0.254 e. The molecule has 1 saturated heterocycles. The summed E-state index contributed by atoms with van der Waals surface area (Å²) < 4.78 is 7.27. The summed E-state index contributed by atoms with van der Waals surface area (Å²) in [5.74, 6) is 0.870. The smallest absolute Gasteiger partial charge is 0.254 e. The van der Waals surface area contributed by atoms with Gasteiger partial charge >= 0.3 is 0 Å². The van der Waals surface area contributed by atoms with Crippen LogP contribution in [0.2, 0.25) is 0 Å². The molecule has 2 heterocycles. The molecule has 8 heteroatoms. The molecule has 1 atom stereocenters. The van der Waals surface area contributed by atoms with Crippen molar-refractivity contribution >= 4 is 28.4 Å². The Balaban J connectivity index is 1.44. The quantitative estimate of drug-likeness (QED) is 0.600. The minimum absolute atomic E-state index is 0.0562. The number of hydrogen-bond donors (Lipinski definition) is 1. The van der Waals surface area contributed by atoms with Gasteiger partial charge in [0.25, 0.3) is 5.91 Å². The number of methoxy groups -OCH3 is 1. The number of nitrogens with zero attached hydrogens (tertiary/aromatic N) is 4. The summed E-state index contributed by atoms with van der Waals surface area (Å²) in [5.41, 5.74) is 0.632. The number of carbonyl (C=O) groups is 2. The zero-order valence-corrected chi connectivity index (χ0v) is 19.5. The molecular weight excluding hydrogens is 418 g/mol. The molecular formula is C25H31N5O3. The van der Waals surface area contributed by atoms with Gasteiger partial charge in [0.05, 0.1) is 19.6 Å². The number of piperidine rings is 1. The molecule has 174 valence electrons. The van der Waals surface area contributed by atoms with Gasteiger partial charge in [-0.15, -0.1) is 0 Å². The first kappa shape index (κ1) is 22.8. The predicted molar refractivity (Wildman–Crippen MR) is 129 cm³/mol. The molecule has 0 aliphatic carbocycles. The lowest BCUT2D eigenvalue weighted by Gasteiger charge is -2.32. The maximum absolute atomic E-state index is 13.4. The zero-order chi connectivity index (χ0) is 23.4. The number of aromatic nitrogens is 2. The molecule has 0 bridgehead atoms. The monoisotopic (exact) mass is 449 g/mol.